The molecule has 0 aliphatic heterocycles. The Hall–Kier alpha value is -0.980. The molecule has 2 N–H and O–H groups in total. The van der Waals surface area contributed by atoms with Gasteiger partial charge in [0.15, 0.2) is 5.69 Å². The van der Waals surface area contributed by atoms with E-state index in [9.17, 15) is 4.79 Å². The van der Waals surface area contributed by atoms with Crippen molar-refractivity contribution >= 4 is 17.3 Å². The highest BCUT2D eigenvalue weighted by Gasteiger charge is 2.19. The van der Waals surface area contributed by atoms with Crippen molar-refractivity contribution in [2.24, 2.45) is 0 Å². The molecule has 0 atom stereocenters. The zero-order valence-electron chi connectivity index (χ0n) is 9.61. The van der Waals surface area contributed by atoms with Gasteiger partial charge in [0.1, 0.15) is 10.6 Å². The maximum absolute atomic E-state index is 11.6. The molecule has 0 unspecified atom stereocenters. The van der Waals surface area contributed by atoms with Crippen LogP contribution in [0.5, 0.6) is 0 Å². The highest BCUT2D eigenvalue weighted by Crippen LogP contribution is 2.14. The van der Waals surface area contributed by atoms with E-state index in [-0.39, 0.29) is 6.73 Å². The lowest BCUT2D eigenvalue weighted by Gasteiger charge is -2.18. The van der Waals surface area contributed by atoms with Crippen LogP contribution in [0.2, 0.25) is 0 Å². The molecule has 5 nitrogen and oxygen atoms in total. The SMILES string of the molecule is CC(C)(C)OC(=O)c1csc(CNCO)n1. The van der Waals surface area contributed by atoms with Crippen molar-refractivity contribution in [3.63, 3.8) is 0 Å². The van der Waals surface area contributed by atoms with Gasteiger partial charge in [-0.25, -0.2) is 9.78 Å². The summed E-state index contributed by atoms with van der Waals surface area (Å²) in [7, 11) is 0. The predicted molar refractivity (Wildman–Crippen MR) is 61.2 cm³/mol. The average Bonchev–Trinajstić information content (AvgIpc) is 2.60. The van der Waals surface area contributed by atoms with Gasteiger partial charge in [0.2, 0.25) is 0 Å². The van der Waals surface area contributed by atoms with Gasteiger partial charge >= 0.3 is 5.97 Å². The number of thiazole rings is 1. The lowest BCUT2D eigenvalue weighted by atomic mass is 10.2. The second-order valence-corrected chi connectivity index (χ2v) is 5.16. The summed E-state index contributed by atoms with van der Waals surface area (Å²) in [6.07, 6.45) is 0. The van der Waals surface area contributed by atoms with Gasteiger partial charge in [0.05, 0.1) is 6.73 Å². The monoisotopic (exact) mass is 244 g/mol. The summed E-state index contributed by atoms with van der Waals surface area (Å²) in [5, 5.41) is 13.7. The van der Waals surface area contributed by atoms with Gasteiger partial charge in [-0.1, -0.05) is 0 Å². The fourth-order valence-corrected chi connectivity index (χ4v) is 1.71. The molecule has 1 rings (SSSR count). The molecule has 0 spiro atoms. The smallest absolute Gasteiger partial charge is 0.358 e. The average molecular weight is 244 g/mol. The summed E-state index contributed by atoms with van der Waals surface area (Å²) in [5.74, 6) is -0.418. The lowest BCUT2D eigenvalue weighted by molar-refractivity contribution is 0.00635. The topological polar surface area (TPSA) is 71.5 Å². The molecule has 16 heavy (non-hydrogen) atoms. The van der Waals surface area contributed by atoms with Crippen molar-refractivity contribution in [1.29, 1.82) is 0 Å². The van der Waals surface area contributed by atoms with Gasteiger partial charge in [-0.2, -0.15) is 0 Å². The molecule has 0 aliphatic carbocycles. The Morgan fingerprint density at radius 1 is 1.62 bits per heavy atom. The molecule has 0 saturated heterocycles. The van der Waals surface area contributed by atoms with Crippen molar-refractivity contribution in [2.45, 2.75) is 32.9 Å². The van der Waals surface area contributed by atoms with Crippen LogP contribution < -0.4 is 5.32 Å². The molecule has 0 saturated carbocycles. The molecular weight excluding hydrogens is 228 g/mol. The van der Waals surface area contributed by atoms with Crippen LogP contribution in [0.25, 0.3) is 0 Å². The van der Waals surface area contributed by atoms with E-state index in [1.54, 1.807) is 5.38 Å². The Balaban J connectivity index is 2.60. The quantitative estimate of drug-likeness (QED) is 0.614. The van der Waals surface area contributed by atoms with E-state index in [2.05, 4.69) is 10.3 Å². The number of aromatic nitrogens is 1. The van der Waals surface area contributed by atoms with E-state index in [4.69, 9.17) is 9.84 Å². The number of esters is 1. The van der Waals surface area contributed by atoms with Crippen LogP contribution in [0.15, 0.2) is 5.38 Å². The van der Waals surface area contributed by atoms with Crippen molar-refractivity contribution in [1.82, 2.24) is 10.3 Å². The van der Waals surface area contributed by atoms with E-state index in [1.807, 2.05) is 20.8 Å². The van der Waals surface area contributed by atoms with Crippen LogP contribution in [0.1, 0.15) is 36.3 Å². The second-order valence-electron chi connectivity index (χ2n) is 4.21. The highest BCUT2D eigenvalue weighted by atomic mass is 32.1. The first kappa shape index (κ1) is 13.1. The minimum Gasteiger partial charge on any atom is -0.455 e. The summed E-state index contributed by atoms with van der Waals surface area (Å²) >= 11 is 1.36. The van der Waals surface area contributed by atoms with Gasteiger partial charge in [-0.3, -0.25) is 5.32 Å². The van der Waals surface area contributed by atoms with Crippen LogP contribution in [0, 0.1) is 0 Å². The molecule has 0 amide bonds. The Morgan fingerprint density at radius 2 is 2.31 bits per heavy atom. The number of carbonyl (C=O) groups excluding carboxylic acids is 1. The first-order valence-electron chi connectivity index (χ1n) is 4.91. The minimum absolute atomic E-state index is 0.110. The van der Waals surface area contributed by atoms with Crippen molar-refractivity contribution < 1.29 is 14.6 Å². The van der Waals surface area contributed by atoms with Gasteiger partial charge in [0, 0.05) is 11.9 Å². The van der Waals surface area contributed by atoms with Gasteiger partial charge in [0.25, 0.3) is 0 Å². The highest BCUT2D eigenvalue weighted by molar-refractivity contribution is 7.09. The van der Waals surface area contributed by atoms with Crippen LogP contribution in [-0.4, -0.2) is 28.4 Å². The number of aliphatic hydroxyl groups is 1. The number of nitrogens with zero attached hydrogens (tertiary/aromatic N) is 1. The number of hydrogen-bond donors (Lipinski definition) is 2. The Kier molecular flexibility index (Phi) is 4.40. The van der Waals surface area contributed by atoms with Gasteiger partial charge in [-0.15, -0.1) is 11.3 Å². The van der Waals surface area contributed by atoms with Crippen LogP contribution in [0.4, 0.5) is 0 Å². The molecule has 0 radical (unpaired) electrons. The third-order valence-electron chi connectivity index (χ3n) is 1.55. The molecule has 6 heteroatoms. The third kappa shape index (κ3) is 4.26. The number of hydrogen-bond acceptors (Lipinski definition) is 6. The van der Waals surface area contributed by atoms with Crippen molar-refractivity contribution in [3.05, 3.63) is 16.1 Å². The number of nitrogens with one attached hydrogen (secondary N) is 1. The van der Waals surface area contributed by atoms with Crippen LogP contribution in [0.3, 0.4) is 0 Å². The van der Waals surface area contributed by atoms with Crippen molar-refractivity contribution in [3.8, 4) is 0 Å². The lowest BCUT2D eigenvalue weighted by Crippen LogP contribution is -2.24. The minimum atomic E-state index is -0.510. The summed E-state index contributed by atoms with van der Waals surface area (Å²) in [6, 6.07) is 0. The van der Waals surface area contributed by atoms with E-state index >= 15 is 0 Å². The Labute approximate surface area is 98.5 Å². The van der Waals surface area contributed by atoms with E-state index in [1.165, 1.54) is 11.3 Å². The van der Waals surface area contributed by atoms with Crippen LogP contribution >= 0.6 is 11.3 Å². The fraction of sp³-hybridized carbons (Fsp3) is 0.600. The molecule has 90 valence electrons. The normalized spacial score (nSPS) is 11.5. The van der Waals surface area contributed by atoms with E-state index in [0.717, 1.165) is 5.01 Å². The zero-order valence-corrected chi connectivity index (χ0v) is 10.4. The molecule has 0 fully saturated rings. The standard InChI is InChI=1S/C10H16N2O3S/c1-10(2,3)15-9(14)7-5-16-8(12-7)4-11-6-13/h5,11,13H,4,6H2,1-3H3. The molecule has 0 bridgehead atoms. The molecule has 1 aromatic rings. The predicted octanol–water partition coefficient (Wildman–Crippen LogP) is 1.14. The van der Waals surface area contributed by atoms with E-state index < -0.39 is 11.6 Å². The third-order valence-corrected chi connectivity index (χ3v) is 2.40. The zero-order chi connectivity index (χ0) is 12.2. The molecule has 1 aromatic heterocycles. The molecule has 0 aliphatic rings. The van der Waals surface area contributed by atoms with E-state index in [0.29, 0.717) is 12.2 Å². The summed E-state index contributed by atoms with van der Waals surface area (Å²) < 4.78 is 5.18. The number of aliphatic hydroxyl groups excluding tert-OH is 1. The van der Waals surface area contributed by atoms with Gasteiger partial charge < -0.3 is 9.84 Å². The Bertz CT molecular complexity index is 357. The summed E-state index contributed by atoms with van der Waals surface area (Å²) in [5.41, 5.74) is -0.195. The fourth-order valence-electron chi connectivity index (χ4n) is 0.979. The maximum Gasteiger partial charge on any atom is 0.358 e. The number of ether oxygens (including phenoxy) is 1. The molecular formula is C10H16N2O3S. The number of rotatable bonds is 4. The van der Waals surface area contributed by atoms with Crippen LogP contribution in [-0.2, 0) is 11.3 Å². The van der Waals surface area contributed by atoms with Gasteiger partial charge in [-0.05, 0) is 20.8 Å². The first-order chi connectivity index (χ1) is 7.42. The maximum atomic E-state index is 11.6. The summed E-state index contributed by atoms with van der Waals surface area (Å²) in [6.45, 7) is 5.77. The largest absolute Gasteiger partial charge is 0.455 e. The Morgan fingerprint density at radius 3 is 2.88 bits per heavy atom. The number of carbonyl (C=O) groups is 1. The summed E-state index contributed by atoms with van der Waals surface area (Å²) in [4.78, 5) is 15.7. The second kappa shape index (κ2) is 5.38. The van der Waals surface area contributed by atoms with Crippen molar-refractivity contribution in [2.75, 3.05) is 6.73 Å². The molecule has 1 heterocycles. The first-order valence-corrected chi connectivity index (χ1v) is 5.79. The molecule has 0 aromatic carbocycles.